The number of hydrogen-bond donors (Lipinski definition) is 0. The lowest BCUT2D eigenvalue weighted by atomic mass is 9.83. The summed E-state index contributed by atoms with van der Waals surface area (Å²) < 4.78 is 13.9. The van der Waals surface area contributed by atoms with Crippen molar-refractivity contribution in [2.75, 3.05) is 0 Å². The Hall–Kier alpha value is -2.93. The van der Waals surface area contributed by atoms with Crippen molar-refractivity contribution in [1.29, 1.82) is 0 Å². The third kappa shape index (κ3) is 2.69. The maximum atomic E-state index is 13.9. The second-order valence-corrected chi connectivity index (χ2v) is 5.97. The Kier molecular flexibility index (Phi) is 3.84. The van der Waals surface area contributed by atoms with Crippen LogP contribution in [-0.2, 0) is 0 Å². The fourth-order valence-corrected chi connectivity index (χ4v) is 3.39. The van der Waals surface area contributed by atoms with Crippen molar-refractivity contribution in [2.45, 2.75) is 5.92 Å². The molecule has 116 valence electrons. The normalized spacial score (nSPS) is 12.2. The van der Waals surface area contributed by atoms with Gasteiger partial charge in [-0.3, -0.25) is 0 Å². The molecular formula is C23H17F. The molecule has 0 fully saturated rings. The van der Waals surface area contributed by atoms with E-state index in [2.05, 4.69) is 48.5 Å². The van der Waals surface area contributed by atoms with Gasteiger partial charge in [0.2, 0.25) is 0 Å². The first-order chi connectivity index (χ1) is 11.8. The van der Waals surface area contributed by atoms with E-state index in [1.165, 1.54) is 28.0 Å². The summed E-state index contributed by atoms with van der Waals surface area (Å²) in [5.74, 6) is -0.193. The van der Waals surface area contributed by atoms with Crippen molar-refractivity contribution in [2.24, 2.45) is 0 Å². The van der Waals surface area contributed by atoms with E-state index in [0.717, 1.165) is 5.56 Å². The molecule has 0 bridgehead atoms. The van der Waals surface area contributed by atoms with Gasteiger partial charge < -0.3 is 0 Å². The minimum absolute atomic E-state index is 0.00741. The van der Waals surface area contributed by atoms with Crippen LogP contribution in [0.2, 0.25) is 0 Å². The summed E-state index contributed by atoms with van der Waals surface area (Å²) in [6, 6.07) is 31.9. The summed E-state index contributed by atoms with van der Waals surface area (Å²) in [5, 5.41) is 2.41. The predicted molar refractivity (Wildman–Crippen MR) is 97.7 cm³/mol. The minimum Gasteiger partial charge on any atom is -0.207 e. The molecule has 0 N–H and O–H groups in total. The van der Waals surface area contributed by atoms with Gasteiger partial charge in [-0.25, -0.2) is 4.39 Å². The van der Waals surface area contributed by atoms with Gasteiger partial charge in [-0.2, -0.15) is 0 Å². The van der Waals surface area contributed by atoms with Gasteiger partial charge in [0, 0.05) is 5.92 Å². The second-order valence-electron chi connectivity index (χ2n) is 5.97. The highest BCUT2D eigenvalue weighted by atomic mass is 19.1. The first kappa shape index (κ1) is 14.6. The van der Waals surface area contributed by atoms with Gasteiger partial charge in [0.15, 0.2) is 0 Å². The average Bonchev–Trinajstić information content (AvgIpc) is 2.63. The van der Waals surface area contributed by atoms with Gasteiger partial charge in [0.25, 0.3) is 0 Å². The van der Waals surface area contributed by atoms with Crippen LogP contribution < -0.4 is 0 Å². The van der Waals surface area contributed by atoms with Crippen LogP contribution in [0.5, 0.6) is 0 Å². The van der Waals surface area contributed by atoms with Gasteiger partial charge >= 0.3 is 0 Å². The molecule has 0 heterocycles. The van der Waals surface area contributed by atoms with Gasteiger partial charge in [0.1, 0.15) is 5.82 Å². The number of halogens is 1. The number of benzene rings is 4. The van der Waals surface area contributed by atoms with E-state index in [1.807, 2.05) is 30.3 Å². The molecule has 4 aromatic rings. The molecule has 0 aromatic heterocycles. The first-order valence-corrected chi connectivity index (χ1v) is 8.11. The topological polar surface area (TPSA) is 0 Å². The van der Waals surface area contributed by atoms with E-state index < -0.39 is 0 Å². The molecule has 4 aromatic carbocycles. The molecule has 0 aliphatic carbocycles. The molecule has 0 aliphatic rings. The van der Waals surface area contributed by atoms with Crippen LogP contribution >= 0.6 is 0 Å². The Morgan fingerprint density at radius 1 is 0.583 bits per heavy atom. The Morgan fingerprint density at radius 3 is 2.08 bits per heavy atom. The Balaban J connectivity index is 1.99. The summed E-state index contributed by atoms with van der Waals surface area (Å²) in [4.78, 5) is 0. The molecule has 0 spiro atoms. The third-order valence-electron chi connectivity index (χ3n) is 4.45. The highest BCUT2D eigenvalue weighted by Gasteiger charge is 2.19. The summed E-state index contributed by atoms with van der Waals surface area (Å²) in [5.41, 5.74) is 3.34. The number of fused-ring (bicyclic) bond motifs is 1. The maximum absolute atomic E-state index is 13.9. The standard InChI is InChI=1S/C23H17F/c24-20-13-6-12-19(16-20)23(18-9-2-1-3-10-18)22-15-7-11-17-8-4-5-14-21(17)22/h1-16,23H. The molecule has 24 heavy (non-hydrogen) atoms. The van der Waals surface area contributed by atoms with Crippen LogP contribution in [0.4, 0.5) is 4.39 Å². The zero-order valence-electron chi connectivity index (χ0n) is 13.2. The predicted octanol–water partition coefficient (Wildman–Crippen LogP) is 6.16. The van der Waals surface area contributed by atoms with E-state index in [4.69, 9.17) is 0 Å². The molecule has 0 nitrogen and oxygen atoms in total. The summed E-state index contributed by atoms with van der Waals surface area (Å²) in [6.45, 7) is 0. The van der Waals surface area contributed by atoms with Crippen LogP contribution in [0.15, 0.2) is 97.1 Å². The van der Waals surface area contributed by atoms with Crippen LogP contribution in [0.3, 0.4) is 0 Å². The quantitative estimate of drug-likeness (QED) is 0.397. The zero-order valence-corrected chi connectivity index (χ0v) is 13.2. The van der Waals surface area contributed by atoms with Crippen LogP contribution in [0.25, 0.3) is 10.8 Å². The average molecular weight is 312 g/mol. The van der Waals surface area contributed by atoms with E-state index in [1.54, 1.807) is 12.1 Å². The molecular weight excluding hydrogens is 295 g/mol. The summed E-state index contributed by atoms with van der Waals surface area (Å²) in [6.07, 6.45) is 0. The lowest BCUT2D eigenvalue weighted by Crippen LogP contribution is -2.04. The summed E-state index contributed by atoms with van der Waals surface area (Å²) >= 11 is 0. The van der Waals surface area contributed by atoms with Crippen molar-refractivity contribution in [3.63, 3.8) is 0 Å². The summed E-state index contributed by atoms with van der Waals surface area (Å²) in [7, 11) is 0. The van der Waals surface area contributed by atoms with E-state index in [0.29, 0.717) is 0 Å². The molecule has 1 unspecified atom stereocenters. The van der Waals surface area contributed by atoms with Crippen molar-refractivity contribution < 1.29 is 4.39 Å². The van der Waals surface area contributed by atoms with Gasteiger partial charge in [-0.15, -0.1) is 0 Å². The lowest BCUT2D eigenvalue weighted by Gasteiger charge is -2.21. The van der Waals surface area contributed by atoms with Crippen molar-refractivity contribution in [3.05, 3.63) is 120 Å². The molecule has 1 heteroatoms. The largest absolute Gasteiger partial charge is 0.207 e. The van der Waals surface area contributed by atoms with E-state index >= 15 is 0 Å². The highest BCUT2D eigenvalue weighted by Crippen LogP contribution is 2.36. The second kappa shape index (κ2) is 6.29. The van der Waals surface area contributed by atoms with Gasteiger partial charge in [-0.1, -0.05) is 84.9 Å². The molecule has 4 rings (SSSR count). The number of hydrogen-bond acceptors (Lipinski definition) is 0. The first-order valence-electron chi connectivity index (χ1n) is 8.11. The molecule has 1 atom stereocenters. The van der Waals surface area contributed by atoms with E-state index in [9.17, 15) is 4.39 Å². The van der Waals surface area contributed by atoms with Crippen LogP contribution in [-0.4, -0.2) is 0 Å². The molecule has 0 amide bonds. The molecule has 0 radical (unpaired) electrons. The maximum Gasteiger partial charge on any atom is 0.123 e. The van der Waals surface area contributed by atoms with Crippen LogP contribution in [0.1, 0.15) is 22.6 Å². The highest BCUT2D eigenvalue weighted by molar-refractivity contribution is 5.87. The Morgan fingerprint density at radius 2 is 1.25 bits per heavy atom. The smallest absolute Gasteiger partial charge is 0.123 e. The monoisotopic (exact) mass is 312 g/mol. The molecule has 0 saturated carbocycles. The van der Waals surface area contributed by atoms with Gasteiger partial charge in [0.05, 0.1) is 0 Å². The molecule has 0 aliphatic heterocycles. The third-order valence-corrected chi connectivity index (χ3v) is 4.45. The molecule has 0 saturated heterocycles. The van der Waals surface area contributed by atoms with Gasteiger partial charge in [-0.05, 0) is 39.6 Å². The van der Waals surface area contributed by atoms with Crippen LogP contribution in [0, 0.1) is 5.82 Å². The van der Waals surface area contributed by atoms with Crippen molar-refractivity contribution >= 4 is 10.8 Å². The number of rotatable bonds is 3. The lowest BCUT2D eigenvalue weighted by molar-refractivity contribution is 0.625. The Labute approximate surface area is 141 Å². The van der Waals surface area contributed by atoms with E-state index in [-0.39, 0.29) is 11.7 Å². The van der Waals surface area contributed by atoms with Crippen molar-refractivity contribution in [3.8, 4) is 0 Å². The van der Waals surface area contributed by atoms with Crippen molar-refractivity contribution in [1.82, 2.24) is 0 Å². The Bertz CT molecular complexity index is 968. The fraction of sp³-hybridized carbons (Fsp3) is 0.0435. The SMILES string of the molecule is Fc1cccc(C(c2ccccc2)c2cccc3ccccc23)c1. The zero-order chi connectivity index (χ0) is 16.4. The fourth-order valence-electron chi connectivity index (χ4n) is 3.39. The minimum atomic E-state index is -0.200.